The first kappa shape index (κ1) is 19.3. The number of ether oxygens (including phenoxy) is 1. The van der Waals surface area contributed by atoms with Crippen LogP contribution in [0.1, 0.15) is 21.9 Å². The van der Waals surface area contributed by atoms with Gasteiger partial charge in [0, 0.05) is 24.4 Å². The van der Waals surface area contributed by atoms with Gasteiger partial charge in [-0.25, -0.2) is 9.37 Å². The monoisotopic (exact) mass is 460 g/mol. The Balaban J connectivity index is 2.16. The summed E-state index contributed by atoms with van der Waals surface area (Å²) in [5.41, 5.74) is 0.744. The molecular formula is C17H22FIN2O2Si. The van der Waals surface area contributed by atoms with Crippen LogP contribution in [-0.2, 0) is 11.5 Å². The number of aryl methyl sites for hydroxylation is 1. The summed E-state index contributed by atoms with van der Waals surface area (Å²) >= 11 is 2.06. The molecule has 2 rings (SSSR count). The molecule has 2 aromatic rings. The molecule has 7 heteroatoms. The molecule has 0 aliphatic rings. The van der Waals surface area contributed by atoms with Crippen molar-refractivity contribution in [3.63, 3.8) is 0 Å². The molecule has 0 saturated heterocycles. The Labute approximate surface area is 156 Å². The van der Waals surface area contributed by atoms with E-state index in [4.69, 9.17) is 4.74 Å². The van der Waals surface area contributed by atoms with Gasteiger partial charge in [0.25, 0.3) is 0 Å². The number of aromatic nitrogens is 2. The molecule has 1 aromatic heterocycles. The maximum absolute atomic E-state index is 14.0. The number of nitrogens with zero attached hydrogens (tertiary/aromatic N) is 2. The number of hydrogen-bond acceptors (Lipinski definition) is 3. The molecule has 0 amide bonds. The van der Waals surface area contributed by atoms with Crippen molar-refractivity contribution in [1.82, 2.24) is 9.55 Å². The highest BCUT2D eigenvalue weighted by Gasteiger charge is 2.20. The number of carbonyl (C=O) groups is 1. The summed E-state index contributed by atoms with van der Waals surface area (Å²) in [4.78, 5) is 16.9. The summed E-state index contributed by atoms with van der Waals surface area (Å²) in [6, 6.07) is 5.53. The van der Waals surface area contributed by atoms with E-state index in [0.717, 1.165) is 9.61 Å². The van der Waals surface area contributed by atoms with E-state index in [1.807, 2.05) is 0 Å². The van der Waals surface area contributed by atoms with Gasteiger partial charge >= 0.3 is 0 Å². The van der Waals surface area contributed by atoms with Crippen molar-refractivity contribution in [1.29, 1.82) is 0 Å². The van der Waals surface area contributed by atoms with Gasteiger partial charge in [-0.3, -0.25) is 4.79 Å². The first-order valence-corrected chi connectivity index (χ1v) is 12.6. The van der Waals surface area contributed by atoms with E-state index < -0.39 is 19.7 Å². The number of imidazole rings is 1. The van der Waals surface area contributed by atoms with E-state index >= 15 is 0 Å². The number of rotatable bonds is 7. The van der Waals surface area contributed by atoms with Gasteiger partial charge in [0.15, 0.2) is 5.82 Å². The predicted molar refractivity (Wildman–Crippen MR) is 104 cm³/mol. The summed E-state index contributed by atoms with van der Waals surface area (Å²) in [6.45, 7) is 9.56. The van der Waals surface area contributed by atoms with Gasteiger partial charge in [0.1, 0.15) is 12.5 Å². The molecule has 0 saturated carbocycles. The fraction of sp³-hybridized carbons (Fsp3) is 0.412. The molecule has 130 valence electrons. The Kier molecular flexibility index (Phi) is 6.32. The Morgan fingerprint density at radius 1 is 1.38 bits per heavy atom. The number of benzene rings is 1. The van der Waals surface area contributed by atoms with Crippen LogP contribution in [0, 0.1) is 16.3 Å². The average molecular weight is 460 g/mol. The molecule has 0 atom stereocenters. The predicted octanol–water partition coefficient (Wildman–Crippen LogP) is 4.48. The highest BCUT2D eigenvalue weighted by atomic mass is 127. The average Bonchev–Trinajstić information content (AvgIpc) is 2.85. The number of ketones is 1. The van der Waals surface area contributed by atoms with Crippen LogP contribution in [0.2, 0.25) is 25.7 Å². The van der Waals surface area contributed by atoms with Gasteiger partial charge < -0.3 is 9.30 Å². The molecule has 0 fully saturated rings. The van der Waals surface area contributed by atoms with Crippen LogP contribution >= 0.6 is 22.6 Å². The molecule has 0 unspecified atom stereocenters. The normalized spacial score (nSPS) is 11.8. The Hall–Kier alpha value is -1.06. The van der Waals surface area contributed by atoms with Crippen molar-refractivity contribution in [2.24, 2.45) is 0 Å². The van der Waals surface area contributed by atoms with Gasteiger partial charge in [-0.05, 0) is 53.8 Å². The van der Waals surface area contributed by atoms with Gasteiger partial charge in [-0.15, -0.1) is 0 Å². The molecule has 0 bridgehead atoms. The maximum atomic E-state index is 14.0. The SMILES string of the molecule is Cc1cn(COCC[Si](C)(C)C)c(C(=O)c2cc(I)ccc2F)n1. The van der Waals surface area contributed by atoms with Crippen LogP contribution in [0.25, 0.3) is 0 Å². The second-order valence-electron chi connectivity index (χ2n) is 6.98. The summed E-state index contributed by atoms with van der Waals surface area (Å²) in [5, 5.41) is 0. The standard InChI is InChI=1S/C17H22FIN2O2Si/c1-12-10-21(11-23-7-8-24(2,3)4)17(20-12)16(22)14-9-13(19)5-6-15(14)18/h5-6,9-10H,7-8,11H2,1-4H3. The van der Waals surface area contributed by atoms with E-state index in [2.05, 4.69) is 47.2 Å². The summed E-state index contributed by atoms with van der Waals surface area (Å²) < 4.78 is 22.2. The minimum atomic E-state index is -1.16. The lowest BCUT2D eigenvalue weighted by Gasteiger charge is -2.16. The van der Waals surface area contributed by atoms with Crippen molar-refractivity contribution in [2.75, 3.05) is 6.61 Å². The summed E-state index contributed by atoms with van der Waals surface area (Å²) in [6.07, 6.45) is 1.76. The molecule has 1 heterocycles. The van der Waals surface area contributed by atoms with E-state index in [1.165, 1.54) is 6.07 Å². The molecule has 24 heavy (non-hydrogen) atoms. The van der Waals surface area contributed by atoms with Crippen LogP contribution in [0.3, 0.4) is 0 Å². The fourth-order valence-corrected chi connectivity index (χ4v) is 3.41. The first-order chi connectivity index (χ1) is 11.2. The number of hydrogen-bond donors (Lipinski definition) is 0. The minimum absolute atomic E-state index is 0.0378. The van der Waals surface area contributed by atoms with Crippen LogP contribution in [0.4, 0.5) is 4.39 Å². The molecule has 0 N–H and O–H groups in total. The second kappa shape index (κ2) is 7.88. The quantitative estimate of drug-likeness (QED) is 0.265. The molecule has 0 aliphatic heterocycles. The lowest BCUT2D eigenvalue weighted by Crippen LogP contribution is -2.22. The van der Waals surface area contributed by atoms with E-state index in [-0.39, 0.29) is 18.1 Å². The number of halogens is 2. The minimum Gasteiger partial charge on any atom is -0.361 e. The van der Waals surface area contributed by atoms with Crippen LogP contribution < -0.4 is 0 Å². The lowest BCUT2D eigenvalue weighted by atomic mass is 10.1. The van der Waals surface area contributed by atoms with Gasteiger partial charge in [-0.2, -0.15) is 0 Å². The lowest BCUT2D eigenvalue weighted by molar-refractivity contribution is 0.0811. The van der Waals surface area contributed by atoms with E-state index in [1.54, 1.807) is 29.8 Å². The Morgan fingerprint density at radius 2 is 2.08 bits per heavy atom. The summed E-state index contributed by atoms with van der Waals surface area (Å²) in [5.74, 6) is -0.749. The molecule has 0 aliphatic carbocycles. The van der Waals surface area contributed by atoms with Crippen molar-refractivity contribution in [3.05, 3.63) is 50.9 Å². The third-order valence-electron chi connectivity index (χ3n) is 3.50. The van der Waals surface area contributed by atoms with Crippen molar-refractivity contribution in [3.8, 4) is 0 Å². The largest absolute Gasteiger partial charge is 0.361 e. The fourth-order valence-electron chi connectivity index (χ4n) is 2.16. The topological polar surface area (TPSA) is 44.1 Å². The van der Waals surface area contributed by atoms with E-state index in [0.29, 0.717) is 12.3 Å². The van der Waals surface area contributed by atoms with Gasteiger partial charge in [0.05, 0.1) is 11.3 Å². The van der Waals surface area contributed by atoms with Crippen molar-refractivity contribution < 1.29 is 13.9 Å². The maximum Gasteiger partial charge on any atom is 0.231 e. The highest BCUT2D eigenvalue weighted by molar-refractivity contribution is 14.1. The Morgan fingerprint density at radius 3 is 2.75 bits per heavy atom. The van der Waals surface area contributed by atoms with Crippen LogP contribution in [0.15, 0.2) is 24.4 Å². The van der Waals surface area contributed by atoms with Crippen molar-refractivity contribution in [2.45, 2.75) is 39.3 Å². The zero-order valence-electron chi connectivity index (χ0n) is 14.4. The molecule has 1 aromatic carbocycles. The third kappa shape index (κ3) is 5.22. The van der Waals surface area contributed by atoms with Gasteiger partial charge in [0.2, 0.25) is 5.78 Å². The highest BCUT2D eigenvalue weighted by Crippen LogP contribution is 2.17. The molecular weight excluding hydrogens is 438 g/mol. The van der Waals surface area contributed by atoms with Gasteiger partial charge in [-0.1, -0.05) is 19.6 Å². The Bertz CT molecular complexity index is 741. The molecule has 0 spiro atoms. The first-order valence-electron chi connectivity index (χ1n) is 7.78. The number of carbonyl (C=O) groups excluding carboxylic acids is 1. The van der Waals surface area contributed by atoms with Crippen molar-refractivity contribution >= 4 is 36.4 Å². The summed E-state index contributed by atoms with van der Waals surface area (Å²) in [7, 11) is -1.16. The van der Waals surface area contributed by atoms with E-state index in [9.17, 15) is 9.18 Å². The zero-order valence-corrected chi connectivity index (χ0v) is 17.6. The third-order valence-corrected chi connectivity index (χ3v) is 5.87. The van der Waals surface area contributed by atoms with Crippen LogP contribution in [-0.4, -0.2) is 30.0 Å². The van der Waals surface area contributed by atoms with Crippen LogP contribution in [0.5, 0.6) is 0 Å². The molecule has 4 nitrogen and oxygen atoms in total. The smallest absolute Gasteiger partial charge is 0.231 e. The zero-order chi connectivity index (χ0) is 17.9. The second-order valence-corrected chi connectivity index (χ2v) is 13.8. The molecule has 0 radical (unpaired) electrons.